The Morgan fingerprint density at radius 3 is 1.61 bits per heavy atom. The Bertz CT molecular complexity index is 1300. The molecule has 0 spiro atoms. The van der Waals surface area contributed by atoms with Crippen molar-refractivity contribution in [3.05, 3.63) is 103 Å². The van der Waals surface area contributed by atoms with Crippen molar-refractivity contribution in [2.75, 3.05) is 6.61 Å². The maximum absolute atomic E-state index is 10.4. The molecule has 0 unspecified atom stereocenters. The van der Waals surface area contributed by atoms with Crippen LogP contribution in [0.15, 0.2) is 103 Å². The molecule has 5 aromatic rings. The number of carboxylic acid groups (broad SMARTS) is 1. The molecule has 0 aliphatic rings. The van der Waals surface area contributed by atoms with Crippen LogP contribution in [0.4, 0.5) is 0 Å². The molecule has 0 fully saturated rings. The maximum Gasteiger partial charge on any atom is 0.303 e. The summed E-state index contributed by atoms with van der Waals surface area (Å²) in [5, 5.41) is 16.2. The molecule has 0 atom stereocenters. The fraction of sp³-hybridized carbons (Fsp3) is 0.242. The standard InChI is InChI=1S/C19H24O3.C14H10/c20-19(21)14-5-3-1-2-4-8-15-22-18-13-9-11-16-10-6-7-12-17(16)18;1-2-6-12-10-14-8-4-3-7-13(14)9-11(12)5-1/h6-7,9-13H,1-5,8,14-15H2,(H,20,21);1-10H. The number of hydrogen-bond donors (Lipinski definition) is 1. The number of fused-ring (bicyclic) bond motifs is 3. The van der Waals surface area contributed by atoms with Gasteiger partial charge < -0.3 is 9.84 Å². The molecule has 184 valence electrons. The van der Waals surface area contributed by atoms with Crippen molar-refractivity contribution in [3.63, 3.8) is 0 Å². The fourth-order valence-electron chi connectivity index (χ4n) is 4.47. The molecular formula is C33H34O3. The van der Waals surface area contributed by atoms with Crippen LogP contribution in [0.2, 0.25) is 0 Å². The molecule has 0 saturated heterocycles. The van der Waals surface area contributed by atoms with Gasteiger partial charge in [-0.25, -0.2) is 0 Å². The van der Waals surface area contributed by atoms with E-state index in [1.165, 1.54) is 32.3 Å². The van der Waals surface area contributed by atoms with Gasteiger partial charge in [0.25, 0.3) is 0 Å². The van der Waals surface area contributed by atoms with E-state index in [0.717, 1.165) is 50.9 Å². The molecule has 0 aromatic heterocycles. The van der Waals surface area contributed by atoms with E-state index in [0.29, 0.717) is 6.42 Å². The van der Waals surface area contributed by atoms with Gasteiger partial charge in [-0.2, -0.15) is 0 Å². The largest absolute Gasteiger partial charge is 0.493 e. The minimum atomic E-state index is -0.691. The molecule has 0 radical (unpaired) electrons. The van der Waals surface area contributed by atoms with Gasteiger partial charge in [0, 0.05) is 11.8 Å². The molecule has 3 heteroatoms. The molecule has 0 aliphatic heterocycles. The topological polar surface area (TPSA) is 46.5 Å². The zero-order valence-corrected chi connectivity index (χ0v) is 20.7. The molecule has 5 aromatic carbocycles. The van der Waals surface area contributed by atoms with Crippen LogP contribution >= 0.6 is 0 Å². The first-order valence-corrected chi connectivity index (χ1v) is 12.9. The van der Waals surface area contributed by atoms with Crippen molar-refractivity contribution in [2.45, 2.75) is 44.9 Å². The third-order valence-corrected chi connectivity index (χ3v) is 6.41. The number of ether oxygens (including phenoxy) is 1. The number of benzene rings is 5. The Labute approximate surface area is 213 Å². The third kappa shape index (κ3) is 7.32. The number of hydrogen-bond acceptors (Lipinski definition) is 2. The first-order valence-electron chi connectivity index (χ1n) is 12.9. The van der Waals surface area contributed by atoms with Gasteiger partial charge in [0.05, 0.1) is 6.61 Å². The van der Waals surface area contributed by atoms with Crippen LogP contribution in [-0.4, -0.2) is 17.7 Å². The van der Waals surface area contributed by atoms with E-state index in [-0.39, 0.29) is 0 Å². The predicted octanol–water partition coefficient (Wildman–Crippen LogP) is 9.03. The second-order valence-electron chi connectivity index (χ2n) is 9.14. The zero-order chi connectivity index (χ0) is 25.0. The average molecular weight is 479 g/mol. The lowest BCUT2D eigenvalue weighted by molar-refractivity contribution is -0.137. The van der Waals surface area contributed by atoms with Crippen LogP contribution in [0.5, 0.6) is 5.75 Å². The summed E-state index contributed by atoms with van der Waals surface area (Å²) in [5.74, 6) is 0.267. The SMILES string of the molecule is O=C(O)CCCCCCCCOc1cccc2ccccc12.c1ccc2cc3ccccc3cc2c1. The number of aliphatic carboxylic acids is 1. The molecule has 0 bridgehead atoms. The summed E-state index contributed by atoms with van der Waals surface area (Å²) in [4.78, 5) is 10.4. The first kappa shape index (κ1) is 25.2. The van der Waals surface area contributed by atoms with Crippen LogP contribution < -0.4 is 4.74 Å². The Hall–Kier alpha value is -3.85. The smallest absolute Gasteiger partial charge is 0.303 e. The van der Waals surface area contributed by atoms with Crippen molar-refractivity contribution >= 4 is 38.3 Å². The molecule has 36 heavy (non-hydrogen) atoms. The summed E-state index contributed by atoms with van der Waals surface area (Å²) in [6, 6.07) is 35.8. The summed E-state index contributed by atoms with van der Waals surface area (Å²) < 4.78 is 5.90. The molecule has 5 rings (SSSR count). The van der Waals surface area contributed by atoms with Gasteiger partial charge in [0.15, 0.2) is 0 Å². The fourth-order valence-corrected chi connectivity index (χ4v) is 4.47. The van der Waals surface area contributed by atoms with E-state index in [1.54, 1.807) is 0 Å². The van der Waals surface area contributed by atoms with Crippen LogP contribution in [0.3, 0.4) is 0 Å². The number of unbranched alkanes of at least 4 members (excludes halogenated alkanes) is 5. The van der Waals surface area contributed by atoms with Gasteiger partial charge in [-0.3, -0.25) is 4.79 Å². The molecule has 0 saturated carbocycles. The Kier molecular flexibility index (Phi) is 9.32. The summed E-state index contributed by atoms with van der Waals surface area (Å²) in [6.07, 6.45) is 6.54. The molecule has 0 amide bonds. The van der Waals surface area contributed by atoms with Crippen molar-refractivity contribution in [3.8, 4) is 5.75 Å². The second-order valence-corrected chi connectivity index (χ2v) is 9.14. The van der Waals surface area contributed by atoms with Crippen molar-refractivity contribution < 1.29 is 14.6 Å². The number of carboxylic acids is 1. The van der Waals surface area contributed by atoms with Crippen LogP contribution in [0.25, 0.3) is 32.3 Å². The summed E-state index contributed by atoms with van der Waals surface area (Å²) in [6.45, 7) is 0.739. The predicted molar refractivity (Wildman–Crippen MR) is 151 cm³/mol. The van der Waals surface area contributed by atoms with E-state index >= 15 is 0 Å². The van der Waals surface area contributed by atoms with Crippen LogP contribution in [0, 0.1) is 0 Å². The molecule has 0 aliphatic carbocycles. The molecule has 0 heterocycles. The van der Waals surface area contributed by atoms with E-state index in [4.69, 9.17) is 9.84 Å². The summed E-state index contributed by atoms with van der Waals surface area (Å²) in [5.41, 5.74) is 0. The van der Waals surface area contributed by atoms with Crippen molar-refractivity contribution in [1.82, 2.24) is 0 Å². The lowest BCUT2D eigenvalue weighted by Gasteiger charge is -2.09. The van der Waals surface area contributed by atoms with E-state index in [9.17, 15) is 4.79 Å². The normalized spacial score (nSPS) is 10.8. The molecule has 1 N–H and O–H groups in total. The molecule has 3 nitrogen and oxygen atoms in total. The highest BCUT2D eigenvalue weighted by Crippen LogP contribution is 2.25. The van der Waals surface area contributed by atoms with Crippen molar-refractivity contribution in [2.24, 2.45) is 0 Å². The van der Waals surface area contributed by atoms with Gasteiger partial charge in [-0.15, -0.1) is 0 Å². The lowest BCUT2D eigenvalue weighted by Crippen LogP contribution is -1.98. The highest BCUT2D eigenvalue weighted by Gasteiger charge is 2.01. The zero-order valence-electron chi connectivity index (χ0n) is 20.7. The maximum atomic E-state index is 10.4. The first-order chi connectivity index (χ1) is 17.7. The number of rotatable bonds is 10. The average Bonchev–Trinajstić information content (AvgIpc) is 2.91. The number of carbonyl (C=O) groups is 1. The van der Waals surface area contributed by atoms with E-state index in [2.05, 4.69) is 78.9 Å². The third-order valence-electron chi connectivity index (χ3n) is 6.41. The van der Waals surface area contributed by atoms with E-state index < -0.39 is 5.97 Å². The lowest BCUT2D eigenvalue weighted by atomic mass is 10.0. The Morgan fingerprint density at radius 1 is 0.556 bits per heavy atom. The van der Waals surface area contributed by atoms with Crippen LogP contribution in [-0.2, 0) is 4.79 Å². The molecular weight excluding hydrogens is 444 g/mol. The Balaban J connectivity index is 0.000000185. The Morgan fingerprint density at radius 2 is 1.03 bits per heavy atom. The van der Waals surface area contributed by atoms with Gasteiger partial charge in [0.2, 0.25) is 0 Å². The highest BCUT2D eigenvalue weighted by molar-refractivity contribution is 5.98. The van der Waals surface area contributed by atoms with E-state index in [1.807, 2.05) is 24.3 Å². The van der Waals surface area contributed by atoms with Gasteiger partial charge in [-0.1, -0.05) is 111 Å². The minimum Gasteiger partial charge on any atom is -0.493 e. The van der Waals surface area contributed by atoms with Crippen LogP contribution in [0.1, 0.15) is 44.9 Å². The quantitative estimate of drug-likeness (QED) is 0.161. The van der Waals surface area contributed by atoms with Gasteiger partial charge in [-0.05, 0) is 58.0 Å². The summed E-state index contributed by atoms with van der Waals surface area (Å²) >= 11 is 0. The van der Waals surface area contributed by atoms with Gasteiger partial charge >= 0.3 is 5.97 Å². The highest BCUT2D eigenvalue weighted by atomic mass is 16.5. The second kappa shape index (κ2) is 13.3. The minimum absolute atomic E-state index is 0.296. The van der Waals surface area contributed by atoms with Crippen molar-refractivity contribution in [1.29, 1.82) is 0 Å². The van der Waals surface area contributed by atoms with Gasteiger partial charge in [0.1, 0.15) is 5.75 Å². The summed E-state index contributed by atoms with van der Waals surface area (Å²) in [7, 11) is 0. The monoisotopic (exact) mass is 478 g/mol.